The van der Waals surface area contributed by atoms with Crippen LogP contribution in [0.3, 0.4) is 0 Å². The van der Waals surface area contributed by atoms with E-state index >= 15 is 0 Å². The van der Waals surface area contributed by atoms with Crippen molar-refractivity contribution >= 4 is 0 Å². The molecule has 1 heteroatoms. The molecule has 0 heterocycles. The third-order valence-corrected chi connectivity index (χ3v) is 3.32. The predicted molar refractivity (Wildman–Crippen MR) is 101 cm³/mol. The Labute approximate surface area is 149 Å². The average Bonchev–Trinajstić information content (AvgIpc) is 3.20. The van der Waals surface area contributed by atoms with Gasteiger partial charge in [-0.2, -0.15) is 0 Å². The van der Waals surface area contributed by atoms with Gasteiger partial charge in [-0.05, 0) is 5.92 Å². The molecule has 0 aromatic rings. The van der Waals surface area contributed by atoms with Crippen LogP contribution in [-0.2, 0) is 17.1 Å². The Hall–Kier alpha value is 0.519. The van der Waals surface area contributed by atoms with E-state index < -0.39 is 0 Å². The van der Waals surface area contributed by atoms with E-state index in [-0.39, 0.29) is 24.5 Å². The zero-order chi connectivity index (χ0) is 15.4. The second-order valence-corrected chi connectivity index (χ2v) is 5.34. The van der Waals surface area contributed by atoms with Gasteiger partial charge in [0, 0.05) is 17.1 Å². The fraction of sp³-hybridized carbons (Fsp3) is 1.00. The average molecular weight is 344 g/mol. The van der Waals surface area contributed by atoms with Gasteiger partial charge in [0.05, 0.1) is 0 Å². The van der Waals surface area contributed by atoms with Crippen LogP contribution in [0.5, 0.6) is 0 Å². The van der Waals surface area contributed by atoms with Crippen molar-refractivity contribution in [3.63, 3.8) is 0 Å². The third-order valence-electron chi connectivity index (χ3n) is 3.32. The molecule has 0 bridgehead atoms. The summed E-state index contributed by atoms with van der Waals surface area (Å²) in [5.74, 6) is 0.884. The van der Waals surface area contributed by atoms with Crippen LogP contribution in [0.2, 0.25) is 0 Å². The zero-order valence-electron chi connectivity index (χ0n) is 15.7. The minimum Gasteiger partial charge on any atom is -0.0776 e. The van der Waals surface area contributed by atoms with Crippen molar-refractivity contribution in [2.24, 2.45) is 5.92 Å². The zero-order valence-corrected chi connectivity index (χ0v) is 16.8. The Morgan fingerprint density at radius 3 is 0.714 bits per heavy atom. The number of rotatable bonds is 1. The predicted octanol–water partition coefficient (Wildman–Crippen LogP) is 8.64. The van der Waals surface area contributed by atoms with Crippen molar-refractivity contribution in [1.29, 1.82) is 0 Å². The summed E-state index contributed by atoms with van der Waals surface area (Å²) in [6, 6.07) is 0. The van der Waals surface area contributed by atoms with Gasteiger partial charge in [0.25, 0.3) is 0 Å². The van der Waals surface area contributed by atoms with Gasteiger partial charge in [0.2, 0.25) is 0 Å². The number of hydrogen-bond donors (Lipinski definition) is 0. The molecule has 0 aromatic carbocycles. The van der Waals surface area contributed by atoms with Crippen LogP contribution >= 0.6 is 0 Å². The van der Waals surface area contributed by atoms with Gasteiger partial charge in [0.1, 0.15) is 0 Å². The van der Waals surface area contributed by atoms with Crippen LogP contribution in [0, 0.1) is 5.92 Å². The van der Waals surface area contributed by atoms with Crippen molar-refractivity contribution in [3.8, 4) is 0 Å². The quantitative estimate of drug-likeness (QED) is 0.417. The van der Waals surface area contributed by atoms with E-state index in [4.69, 9.17) is 0 Å². The molecular weight excluding hydrogens is 296 g/mol. The third kappa shape index (κ3) is 44.9. The second kappa shape index (κ2) is 37.1. The van der Waals surface area contributed by atoms with Crippen molar-refractivity contribution in [3.05, 3.63) is 0 Å². The van der Waals surface area contributed by atoms with Crippen LogP contribution in [0.1, 0.15) is 127 Å². The minimum atomic E-state index is 0. The molecule has 0 saturated heterocycles. The molecule has 136 valence electrons. The summed E-state index contributed by atoms with van der Waals surface area (Å²) in [7, 11) is 0. The molecule has 0 amide bonds. The standard InChI is InChI=1S/2C5H10.C5H12.2C2H6.CH4.Fe/c2*1-2-4-5-3-1;1-4-5(2)3;2*1-2;;/h2*1-5H2;5H,4H2,1-3H3;2*1-2H3;1H4;. The molecule has 0 nitrogen and oxygen atoms in total. The Morgan fingerprint density at radius 2 is 0.667 bits per heavy atom. The van der Waals surface area contributed by atoms with Crippen molar-refractivity contribution in [2.75, 3.05) is 0 Å². The van der Waals surface area contributed by atoms with Crippen LogP contribution in [-0.4, -0.2) is 0 Å². The van der Waals surface area contributed by atoms with Crippen molar-refractivity contribution < 1.29 is 17.1 Å². The van der Waals surface area contributed by atoms with E-state index in [0.29, 0.717) is 0 Å². The summed E-state index contributed by atoms with van der Waals surface area (Å²) in [5.41, 5.74) is 0. The van der Waals surface area contributed by atoms with Crippen LogP contribution in [0.25, 0.3) is 0 Å². The van der Waals surface area contributed by atoms with E-state index in [1.165, 1.54) is 70.6 Å². The molecule has 0 atom stereocenters. The van der Waals surface area contributed by atoms with E-state index in [2.05, 4.69) is 20.8 Å². The van der Waals surface area contributed by atoms with Gasteiger partial charge >= 0.3 is 0 Å². The van der Waals surface area contributed by atoms with Gasteiger partial charge in [-0.3, -0.25) is 0 Å². The summed E-state index contributed by atoms with van der Waals surface area (Å²) >= 11 is 0. The first-order valence-corrected chi connectivity index (χ1v) is 9.27. The largest absolute Gasteiger partial charge is 0.0776 e. The summed E-state index contributed by atoms with van der Waals surface area (Å²) in [5, 5.41) is 0. The molecule has 0 aliphatic heterocycles. The molecule has 0 unspecified atom stereocenters. The monoisotopic (exact) mass is 344 g/mol. The van der Waals surface area contributed by atoms with E-state index in [0.717, 1.165) is 5.92 Å². The van der Waals surface area contributed by atoms with E-state index in [9.17, 15) is 0 Å². The fourth-order valence-electron chi connectivity index (χ4n) is 1.77. The van der Waals surface area contributed by atoms with Crippen molar-refractivity contribution in [2.45, 2.75) is 127 Å². The first-order valence-electron chi connectivity index (χ1n) is 9.27. The van der Waals surface area contributed by atoms with Gasteiger partial charge in [-0.15, -0.1) is 0 Å². The molecule has 0 aromatic heterocycles. The molecule has 2 rings (SSSR count). The van der Waals surface area contributed by atoms with Crippen LogP contribution in [0.4, 0.5) is 0 Å². The molecule has 2 saturated carbocycles. The maximum absolute atomic E-state index is 2.22. The topological polar surface area (TPSA) is 0 Å². The Kier molecular flexibility index (Phi) is 58.6. The summed E-state index contributed by atoms with van der Waals surface area (Å²) in [6.07, 6.45) is 16.3. The van der Waals surface area contributed by atoms with E-state index in [1.54, 1.807) is 0 Å². The fourth-order valence-corrected chi connectivity index (χ4v) is 1.77. The maximum atomic E-state index is 2.22. The Bertz CT molecular complexity index is 77.2. The van der Waals surface area contributed by atoms with Gasteiger partial charge in [-0.1, -0.05) is 127 Å². The minimum absolute atomic E-state index is 0. The molecule has 2 aliphatic carbocycles. The first-order chi connectivity index (χ1) is 9.27. The van der Waals surface area contributed by atoms with Crippen molar-refractivity contribution in [1.82, 2.24) is 0 Å². The summed E-state index contributed by atoms with van der Waals surface area (Å²) in [4.78, 5) is 0. The maximum Gasteiger partial charge on any atom is 0 e. The molecule has 0 radical (unpaired) electrons. The smallest absolute Gasteiger partial charge is 0 e. The van der Waals surface area contributed by atoms with Gasteiger partial charge < -0.3 is 0 Å². The molecule has 2 aliphatic rings. The molecule has 0 spiro atoms. The Balaban J connectivity index is -0.0000000523. The summed E-state index contributed by atoms with van der Waals surface area (Å²) in [6.45, 7) is 14.6. The van der Waals surface area contributed by atoms with Gasteiger partial charge in [0.15, 0.2) is 0 Å². The second-order valence-electron chi connectivity index (χ2n) is 5.34. The molecule has 21 heavy (non-hydrogen) atoms. The SMILES string of the molecule is C.C1CCCC1.C1CCCC1.CC.CC.CCC(C)C.[Fe]. The molecular formula is C20H48Fe. The number of hydrogen-bond acceptors (Lipinski definition) is 0. The Morgan fingerprint density at radius 1 is 0.571 bits per heavy atom. The van der Waals surface area contributed by atoms with Crippen LogP contribution in [0.15, 0.2) is 0 Å². The van der Waals surface area contributed by atoms with Gasteiger partial charge in [-0.25, -0.2) is 0 Å². The first kappa shape index (κ1) is 33.2. The summed E-state index contributed by atoms with van der Waals surface area (Å²) < 4.78 is 0. The molecule has 0 N–H and O–H groups in total. The molecule has 2 fully saturated rings. The van der Waals surface area contributed by atoms with Crippen LogP contribution < -0.4 is 0 Å². The normalized spacial score (nSPS) is 14.3. The van der Waals surface area contributed by atoms with E-state index in [1.807, 2.05) is 27.7 Å².